The van der Waals surface area contributed by atoms with Crippen LogP contribution in [-0.4, -0.2) is 19.3 Å². The van der Waals surface area contributed by atoms with E-state index >= 15 is 0 Å². The fraction of sp³-hybridized carbons (Fsp3) is 0.562. The lowest BCUT2D eigenvalue weighted by atomic mass is 9.98. The van der Waals surface area contributed by atoms with Crippen molar-refractivity contribution < 1.29 is 9.47 Å². The van der Waals surface area contributed by atoms with Crippen LogP contribution in [-0.2, 0) is 4.74 Å². The number of hydrogen-bond acceptors (Lipinski definition) is 3. The minimum absolute atomic E-state index is 0.468. The molecule has 0 heterocycles. The molecular formula is C16H21NO2. The number of nitrogens with zero attached hydrogens (tertiary/aromatic N) is 1. The molecular weight excluding hydrogens is 238 g/mol. The Labute approximate surface area is 115 Å². The number of ether oxygens (including phenoxy) is 2. The van der Waals surface area contributed by atoms with E-state index in [4.69, 9.17) is 14.7 Å². The summed E-state index contributed by atoms with van der Waals surface area (Å²) >= 11 is 0. The fourth-order valence-corrected chi connectivity index (χ4v) is 2.39. The Morgan fingerprint density at radius 3 is 2.79 bits per heavy atom. The molecule has 0 aliphatic heterocycles. The van der Waals surface area contributed by atoms with Gasteiger partial charge in [-0.25, -0.2) is 0 Å². The Hall–Kier alpha value is -1.53. The Bertz CT molecular complexity index is 419. The molecule has 0 bridgehead atoms. The van der Waals surface area contributed by atoms with E-state index in [0.717, 1.165) is 18.8 Å². The number of nitriles is 1. The van der Waals surface area contributed by atoms with Crippen molar-refractivity contribution in [2.24, 2.45) is 0 Å². The molecule has 1 saturated carbocycles. The summed E-state index contributed by atoms with van der Waals surface area (Å²) in [5.74, 6) is 0.761. The van der Waals surface area contributed by atoms with Crippen LogP contribution in [0.2, 0.25) is 0 Å². The summed E-state index contributed by atoms with van der Waals surface area (Å²) in [7, 11) is 0. The van der Waals surface area contributed by atoms with Gasteiger partial charge in [-0.1, -0.05) is 25.3 Å². The second-order valence-electron chi connectivity index (χ2n) is 4.97. The molecule has 3 nitrogen and oxygen atoms in total. The van der Waals surface area contributed by atoms with Crippen LogP contribution in [0, 0.1) is 11.3 Å². The summed E-state index contributed by atoms with van der Waals surface area (Å²) < 4.78 is 11.4. The third-order valence-corrected chi connectivity index (χ3v) is 3.43. The zero-order chi connectivity index (χ0) is 13.3. The molecule has 0 spiro atoms. The van der Waals surface area contributed by atoms with Crippen molar-refractivity contribution in [1.82, 2.24) is 0 Å². The second-order valence-corrected chi connectivity index (χ2v) is 4.97. The van der Waals surface area contributed by atoms with Gasteiger partial charge in [-0.15, -0.1) is 0 Å². The van der Waals surface area contributed by atoms with E-state index in [1.165, 1.54) is 32.1 Å². The first-order valence-electron chi connectivity index (χ1n) is 7.13. The van der Waals surface area contributed by atoms with Crippen LogP contribution < -0.4 is 4.74 Å². The van der Waals surface area contributed by atoms with E-state index in [9.17, 15) is 0 Å². The minimum Gasteiger partial charge on any atom is -0.493 e. The van der Waals surface area contributed by atoms with Gasteiger partial charge in [-0.3, -0.25) is 0 Å². The smallest absolute Gasteiger partial charge is 0.120 e. The maximum Gasteiger partial charge on any atom is 0.120 e. The molecule has 1 aromatic rings. The summed E-state index contributed by atoms with van der Waals surface area (Å²) in [6, 6.07) is 9.37. The van der Waals surface area contributed by atoms with Crippen molar-refractivity contribution in [3.8, 4) is 11.8 Å². The molecule has 1 aliphatic rings. The van der Waals surface area contributed by atoms with E-state index in [2.05, 4.69) is 6.07 Å². The van der Waals surface area contributed by atoms with E-state index in [0.29, 0.717) is 18.3 Å². The average Bonchev–Trinajstić information content (AvgIpc) is 2.48. The quantitative estimate of drug-likeness (QED) is 0.732. The lowest BCUT2D eigenvalue weighted by Crippen LogP contribution is -2.18. The highest BCUT2D eigenvalue weighted by molar-refractivity contribution is 5.36. The number of rotatable bonds is 6. The summed E-state index contributed by atoms with van der Waals surface area (Å²) in [5.41, 5.74) is 0.635. The van der Waals surface area contributed by atoms with Gasteiger partial charge < -0.3 is 9.47 Å². The van der Waals surface area contributed by atoms with Gasteiger partial charge in [0.1, 0.15) is 5.75 Å². The highest BCUT2D eigenvalue weighted by Gasteiger charge is 2.12. The molecule has 1 aliphatic carbocycles. The van der Waals surface area contributed by atoms with Crippen LogP contribution >= 0.6 is 0 Å². The minimum atomic E-state index is 0.468. The van der Waals surface area contributed by atoms with Crippen LogP contribution in [0.25, 0.3) is 0 Å². The molecule has 2 rings (SSSR count). The predicted molar refractivity (Wildman–Crippen MR) is 74.1 cm³/mol. The van der Waals surface area contributed by atoms with Crippen molar-refractivity contribution >= 4 is 0 Å². The molecule has 1 aromatic carbocycles. The first-order chi connectivity index (χ1) is 9.38. The van der Waals surface area contributed by atoms with Crippen molar-refractivity contribution in [3.63, 3.8) is 0 Å². The van der Waals surface area contributed by atoms with Gasteiger partial charge in [0.15, 0.2) is 0 Å². The normalized spacial score (nSPS) is 15.9. The fourth-order valence-electron chi connectivity index (χ4n) is 2.39. The molecule has 0 aromatic heterocycles. The Balaban J connectivity index is 1.59. The molecule has 0 radical (unpaired) electrons. The first kappa shape index (κ1) is 13.9. The van der Waals surface area contributed by atoms with Crippen LogP contribution in [0.5, 0.6) is 5.75 Å². The third-order valence-electron chi connectivity index (χ3n) is 3.43. The summed E-state index contributed by atoms with van der Waals surface area (Å²) in [6.45, 7) is 1.41. The van der Waals surface area contributed by atoms with Gasteiger partial charge in [-0.05, 0) is 31.0 Å². The second kappa shape index (κ2) is 7.81. The molecule has 0 unspecified atom stereocenters. The molecule has 0 saturated heterocycles. The van der Waals surface area contributed by atoms with Gasteiger partial charge in [0.25, 0.3) is 0 Å². The molecule has 3 heteroatoms. The van der Waals surface area contributed by atoms with Gasteiger partial charge >= 0.3 is 0 Å². The van der Waals surface area contributed by atoms with Crippen LogP contribution in [0.4, 0.5) is 0 Å². The molecule has 1 fully saturated rings. The van der Waals surface area contributed by atoms with Crippen molar-refractivity contribution in [2.45, 2.75) is 44.6 Å². The maximum absolute atomic E-state index is 8.79. The first-order valence-corrected chi connectivity index (χ1v) is 7.13. The number of benzene rings is 1. The lowest BCUT2D eigenvalue weighted by Gasteiger charge is -2.21. The van der Waals surface area contributed by atoms with Gasteiger partial charge in [0.05, 0.1) is 31.0 Å². The van der Waals surface area contributed by atoms with Crippen LogP contribution in [0.3, 0.4) is 0 Å². The summed E-state index contributed by atoms with van der Waals surface area (Å²) in [5, 5.41) is 8.79. The Morgan fingerprint density at radius 2 is 2.00 bits per heavy atom. The van der Waals surface area contributed by atoms with Gasteiger partial charge in [-0.2, -0.15) is 5.26 Å². The van der Waals surface area contributed by atoms with E-state index in [1.807, 2.05) is 12.1 Å². The zero-order valence-electron chi connectivity index (χ0n) is 11.3. The average molecular weight is 259 g/mol. The molecule has 0 atom stereocenters. The molecule has 0 amide bonds. The molecule has 0 N–H and O–H groups in total. The molecule has 19 heavy (non-hydrogen) atoms. The lowest BCUT2D eigenvalue weighted by molar-refractivity contribution is 0.0226. The largest absolute Gasteiger partial charge is 0.493 e. The van der Waals surface area contributed by atoms with E-state index in [-0.39, 0.29) is 0 Å². The topological polar surface area (TPSA) is 42.2 Å². The van der Waals surface area contributed by atoms with Crippen molar-refractivity contribution in [3.05, 3.63) is 29.8 Å². The van der Waals surface area contributed by atoms with E-state index in [1.54, 1.807) is 12.1 Å². The highest BCUT2D eigenvalue weighted by Crippen LogP contribution is 2.20. The van der Waals surface area contributed by atoms with Crippen LogP contribution in [0.15, 0.2) is 24.3 Å². The van der Waals surface area contributed by atoms with Crippen molar-refractivity contribution in [1.29, 1.82) is 5.26 Å². The Morgan fingerprint density at radius 1 is 1.16 bits per heavy atom. The standard InChI is InChI=1S/C16H21NO2/c17-13-14-6-4-9-16(12-14)19-11-5-10-18-15-7-2-1-3-8-15/h4,6,9,12,15H,1-3,5,7-8,10-11H2. The van der Waals surface area contributed by atoms with E-state index < -0.39 is 0 Å². The summed E-state index contributed by atoms with van der Waals surface area (Å²) in [4.78, 5) is 0. The SMILES string of the molecule is N#Cc1cccc(OCCCOC2CCCCC2)c1. The molecule has 102 valence electrons. The predicted octanol–water partition coefficient (Wildman–Crippen LogP) is 3.68. The Kier molecular flexibility index (Phi) is 5.71. The van der Waals surface area contributed by atoms with Crippen molar-refractivity contribution in [2.75, 3.05) is 13.2 Å². The van der Waals surface area contributed by atoms with Gasteiger partial charge in [0.2, 0.25) is 0 Å². The third kappa shape index (κ3) is 4.92. The highest BCUT2D eigenvalue weighted by atomic mass is 16.5. The van der Waals surface area contributed by atoms with Gasteiger partial charge in [0, 0.05) is 6.42 Å². The zero-order valence-corrected chi connectivity index (χ0v) is 11.3. The maximum atomic E-state index is 8.79. The monoisotopic (exact) mass is 259 g/mol. The number of hydrogen-bond donors (Lipinski definition) is 0. The van der Waals surface area contributed by atoms with Crippen LogP contribution in [0.1, 0.15) is 44.1 Å². The summed E-state index contributed by atoms with van der Waals surface area (Å²) in [6.07, 6.45) is 7.77.